The summed E-state index contributed by atoms with van der Waals surface area (Å²) in [6, 6.07) is 0. The fourth-order valence-electron chi connectivity index (χ4n) is 1.61. The van der Waals surface area contributed by atoms with Crippen LogP contribution >= 0.6 is 0 Å². The molecule has 0 spiro atoms. The lowest BCUT2D eigenvalue weighted by atomic mass is 9.86. The zero-order valence-corrected chi connectivity index (χ0v) is 8.67. The van der Waals surface area contributed by atoms with E-state index in [4.69, 9.17) is 4.74 Å². The van der Waals surface area contributed by atoms with Crippen LogP contribution < -0.4 is 0 Å². The van der Waals surface area contributed by atoms with Crippen LogP contribution in [0.15, 0.2) is 12.7 Å². The number of carbonyl (C=O) groups excluding carboxylic acids is 1. The summed E-state index contributed by atoms with van der Waals surface area (Å²) in [6.07, 6.45) is 4.74. The average Bonchev–Trinajstić information content (AvgIpc) is 2.50. The van der Waals surface area contributed by atoms with Crippen molar-refractivity contribution in [3.8, 4) is 0 Å². The number of aldehydes is 1. The molecule has 2 heteroatoms. The van der Waals surface area contributed by atoms with E-state index in [2.05, 4.69) is 6.58 Å². The predicted molar refractivity (Wildman–Crippen MR) is 52.6 cm³/mol. The monoisotopic (exact) mass is 182 g/mol. The van der Waals surface area contributed by atoms with Gasteiger partial charge in [0.2, 0.25) is 0 Å². The summed E-state index contributed by atoms with van der Waals surface area (Å²) in [7, 11) is 0. The Labute approximate surface area is 80.0 Å². The van der Waals surface area contributed by atoms with Gasteiger partial charge in [0.25, 0.3) is 0 Å². The van der Waals surface area contributed by atoms with Crippen LogP contribution in [-0.4, -0.2) is 18.0 Å². The van der Waals surface area contributed by atoms with E-state index in [9.17, 15) is 4.79 Å². The van der Waals surface area contributed by atoms with Crippen molar-refractivity contribution >= 4 is 6.29 Å². The zero-order chi connectivity index (χ0) is 10.1. The second-order valence-corrected chi connectivity index (χ2v) is 4.60. The highest BCUT2D eigenvalue weighted by Crippen LogP contribution is 2.38. The van der Waals surface area contributed by atoms with Crippen molar-refractivity contribution in [1.29, 1.82) is 0 Å². The lowest BCUT2D eigenvalue weighted by Crippen LogP contribution is -2.33. The fraction of sp³-hybridized carbons (Fsp3) is 0.727. The minimum absolute atomic E-state index is 0.0352. The Kier molecular flexibility index (Phi) is 2.62. The lowest BCUT2D eigenvalue weighted by Gasteiger charge is -2.28. The third-order valence-corrected chi connectivity index (χ3v) is 2.88. The van der Waals surface area contributed by atoms with Crippen LogP contribution in [0.3, 0.4) is 0 Å². The highest BCUT2D eigenvalue weighted by Gasteiger charge is 2.41. The van der Waals surface area contributed by atoms with Crippen molar-refractivity contribution in [3.05, 3.63) is 12.7 Å². The molecule has 1 fully saturated rings. The van der Waals surface area contributed by atoms with Gasteiger partial charge in [-0.15, -0.1) is 6.58 Å². The Morgan fingerprint density at radius 1 is 1.62 bits per heavy atom. The minimum atomic E-state index is -0.374. The van der Waals surface area contributed by atoms with E-state index in [1.165, 1.54) is 0 Å². The minimum Gasteiger partial charge on any atom is -0.367 e. The Balaban J connectivity index is 2.69. The summed E-state index contributed by atoms with van der Waals surface area (Å²) in [5.74, 6) is 0. The van der Waals surface area contributed by atoms with Gasteiger partial charge in [-0.05, 0) is 19.8 Å². The maximum atomic E-state index is 10.8. The first-order valence-corrected chi connectivity index (χ1v) is 4.71. The second-order valence-electron chi connectivity index (χ2n) is 4.60. The molecular weight excluding hydrogens is 164 g/mol. The Morgan fingerprint density at radius 3 is 2.62 bits per heavy atom. The van der Waals surface area contributed by atoms with Crippen LogP contribution in [0.25, 0.3) is 0 Å². The summed E-state index contributed by atoms with van der Waals surface area (Å²) in [4.78, 5) is 10.8. The molecule has 0 saturated carbocycles. The standard InChI is InChI=1S/C11H18O2/c1-5-11(4)7-6-9(13-11)10(2,3)8-12/h5,8-9H,1,6-7H2,2-4H3/t9-,11-/m1/s1. The molecule has 0 unspecified atom stereocenters. The summed E-state index contributed by atoms with van der Waals surface area (Å²) in [5.41, 5.74) is -0.605. The molecule has 0 radical (unpaired) electrons. The van der Waals surface area contributed by atoms with Gasteiger partial charge in [0, 0.05) is 5.41 Å². The van der Waals surface area contributed by atoms with Gasteiger partial charge >= 0.3 is 0 Å². The maximum Gasteiger partial charge on any atom is 0.128 e. The molecule has 1 aliphatic heterocycles. The fourth-order valence-corrected chi connectivity index (χ4v) is 1.61. The molecule has 2 atom stereocenters. The van der Waals surface area contributed by atoms with Crippen molar-refractivity contribution in [2.24, 2.45) is 5.41 Å². The normalized spacial score (nSPS) is 34.5. The van der Waals surface area contributed by atoms with Crippen molar-refractivity contribution in [2.75, 3.05) is 0 Å². The van der Waals surface area contributed by atoms with Gasteiger partial charge in [0.15, 0.2) is 0 Å². The van der Waals surface area contributed by atoms with E-state index in [0.29, 0.717) is 0 Å². The number of ether oxygens (including phenoxy) is 1. The number of hydrogen-bond donors (Lipinski definition) is 0. The first-order chi connectivity index (χ1) is 5.93. The van der Waals surface area contributed by atoms with Gasteiger partial charge in [-0.3, -0.25) is 0 Å². The van der Waals surface area contributed by atoms with Crippen LogP contribution in [0, 0.1) is 5.41 Å². The SMILES string of the molecule is C=C[C@]1(C)CC[C@H](C(C)(C)C=O)O1. The van der Waals surface area contributed by atoms with Gasteiger partial charge in [-0.25, -0.2) is 0 Å². The maximum absolute atomic E-state index is 10.8. The van der Waals surface area contributed by atoms with Gasteiger partial charge < -0.3 is 9.53 Å². The van der Waals surface area contributed by atoms with E-state index in [-0.39, 0.29) is 17.1 Å². The van der Waals surface area contributed by atoms with Crippen LogP contribution in [-0.2, 0) is 9.53 Å². The third kappa shape index (κ3) is 1.99. The van der Waals surface area contributed by atoms with E-state index >= 15 is 0 Å². The predicted octanol–water partition coefficient (Wildman–Crippen LogP) is 2.34. The first kappa shape index (κ1) is 10.5. The van der Waals surface area contributed by atoms with Gasteiger partial charge in [-0.1, -0.05) is 19.9 Å². The summed E-state index contributed by atoms with van der Waals surface area (Å²) < 4.78 is 5.80. The molecule has 2 nitrogen and oxygen atoms in total. The number of carbonyl (C=O) groups is 1. The van der Waals surface area contributed by atoms with E-state index in [1.807, 2.05) is 26.8 Å². The number of rotatable bonds is 3. The molecule has 0 aromatic carbocycles. The molecule has 0 bridgehead atoms. The Bertz CT molecular complexity index is 220. The van der Waals surface area contributed by atoms with Crippen molar-refractivity contribution in [3.63, 3.8) is 0 Å². The van der Waals surface area contributed by atoms with E-state index in [1.54, 1.807) is 0 Å². The van der Waals surface area contributed by atoms with Crippen molar-refractivity contribution < 1.29 is 9.53 Å². The van der Waals surface area contributed by atoms with Crippen LogP contribution in [0.5, 0.6) is 0 Å². The topological polar surface area (TPSA) is 26.3 Å². The van der Waals surface area contributed by atoms with Gasteiger partial charge in [-0.2, -0.15) is 0 Å². The molecule has 13 heavy (non-hydrogen) atoms. The summed E-state index contributed by atoms with van der Waals surface area (Å²) >= 11 is 0. The zero-order valence-electron chi connectivity index (χ0n) is 8.67. The molecule has 0 amide bonds. The molecule has 1 heterocycles. The smallest absolute Gasteiger partial charge is 0.128 e. The van der Waals surface area contributed by atoms with E-state index < -0.39 is 0 Å². The molecule has 1 saturated heterocycles. The van der Waals surface area contributed by atoms with Crippen molar-refractivity contribution in [1.82, 2.24) is 0 Å². The molecule has 1 rings (SSSR count). The molecule has 74 valence electrons. The average molecular weight is 182 g/mol. The Hall–Kier alpha value is -0.630. The highest BCUT2D eigenvalue weighted by molar-refractivity contribution is 5.59. The largest absolute Gasteiger partial charge is 0.367 e. The van der Waals surface area contributed by atoms with Gasteiger partial charge in [0.05, 0.1) is 11.7 Å². The molecule has 1 aliphatic rings. The Morgan fingerprint density at radius 2 is 2.23 bits per heavy atom. The molecular formula is C11H18O2. The molecule has 0 aromatic heterocycles. The van der Waals surface area contributed by atoms with Crippen LogP contribution in [0.1, 0.15) is 33.6 Å². The van der Waals surface area contributed by atoms with E-state index in [0.717, 1.165) is 19.1 Å². The second kappa shape index (κ2) is 3.26. The lowest BCUT2D eigenvalue weighted by molar-refractivity contribution is -0.124. The van der Waals surface area contributed by atoms with Crippen LogP contribution in [0.2, 0.25) is 0 Å². The summed E-state index contributed by atoms with van der Waals surface area (Å²) in [5, 5.41) is 0. The van der Waals surface area contributed by atoms with Gasteiger partial charge in [0.1, 0.15) is 6.29 Å². The number of hydrogen-bond acceptors (Lipinski definition) is 2. The van der Waals surface area contributed by atoms with Crippen LogP contribution in [0.4, 0.5) is 0 Å². The highest BCUT2D eigenvalue weighted by atomic mass is 16.5. The quantitative estimate of drug-likeness (QED) is 0.494. The molecule has 0 N–H and O–H groups in total. The van der Waals surface area contributed by atoms with Crippen molar-refractivity contribution in [2.45, 2.75) is 45.3 Å². The molecule has 0 aromatic rings. The first-order valence-electron chi connectivity index (χ1n) is 4.71. The molecule has 0 aliphatic carbocycles. The summed E-state index contributed by atoms with van der Waals surface area (Å²) in [6.45, 7) is 9.59. The third-order valence-electron chi connectivity index (χ3n) is 2.88.